The molecule has 2 aromatic heterocycles. The fraction of sp³-hybridized carbons (Fsp3) is 0.333. The molecule has 0 spiro atoms. The van der Waals surface area contributed by atoms with Crippen LogP contribution in [-0.2, 0) is 18.3 Å². The number of halogens is 1. The van der Waals surface area contributed by atoms with E-state index in [4.69, 9.17) is 5.73 Å². The van der Waals surface area contributed by atoms with Gasteiger partial charge in [-0.15, -0.1) is 11.3 Å². The molecule has 0 amide bonds. The summed E-state index contributed by atoms with van der Waals surface area (Å²) in [7, 11) is 1.83. The lowest BCUT2D eigenvalue weighted by Gasteiger charge is -2.09. The van der Waals surface area contributed by atoms with Crippen LogP contribution in [0.15, 0.2) is 22.0 Å². The number of Topliss-reactive ketones (excluding diaryl/α,β-unsaturated/α-hetero) is 1. The van der Waals surface area contributed by atoms with Crippen LogP contribution < -0.4 is 5.73 Å². The summed E-state index contributed by atoms with van der Waals surface area (Å²) in [6.07, 6.45) is 0.289. The first-order valence-corrected chi connectivity index (χ1v) is 7.17. The number of carbonyl (C=O) groups is 1. The van der Waals surface area contributed by atoms with Gasteiger partial charge in [-0.1, -0.05) is 6.07 Å². The molecule has 18 heavy (non-hydrogen) atoms. The van der Waals surface area contributed by atoms with E-state index in [0.29, 0.717) is 0 Å². The predicted molar refractivity (Wildman–Crippen MR) is 75.6 cm³/mol. The number of carbonyl (C=O) groups excluding carboxylic acids is 1. The normalized spacial score (nSPS) is 12.7. The molecule has 2 aromatic rings. The molecule has 1 unspecified atom stereocenters. The van der Waals surface area contributed by atoms with Gasteiger partial charge >= 0.3 is 0 Å². The highest BCUT2D eigenvalue weighted by Gasteiger charge is 2.21. The minimum absolute atomic E-state index is 0.00106. The first kappa shape index (κ1) is 13.5. The quantitative estimate of drug-likeness (QED) is 0.937. The van der Waals surface area contributed by atoms with Gasteiger partial charge in [0.25, 0.3) is 0 Å². The van der Waals surface area contributed by atoms with Crippen molar-refractivity contribution in [3.05, 3.63) is 38.3 Å². The highest BCUT2D eigenvalue weighted by molar-refractivity contribution is 9.10. The minimum Gasteiger partial charge on any atom is -0.317 e. The molecule has 0 bridgehead atoms. The van der Waals surface area contributed by atoms with Crippen molar-refractivity contribution in [2.45, 2.75) is 19.4 Å². The number of hydrogen-bond donors (Lipinski definition) is 1. The maximum atomic E-state index is 12.1. The summed E-state index contributed by atoms with van der Waals surface area (Å²) in [5.74, 6) is 0.00106. The van der Waals surface area contributed by atoms with Crippen molar-refractivity contribution in [2.75, 3.05) is 0 Å². The maximum Gasteiger partial charge on any atom is 0.160 e. The SMILES string of the molecule is Cc1nn(C)c(CC(=O)C(N)c2cccs2)c1Br. The lowest BCUT2D eigenvalue weighted by atomic mass is 10.1. The van der Waals surface area contributed by atoms with Crippen LogP contribution in [0.2, 0.25) is 0 Å². The van der Waals surface area contributed by atoms with Gasteiger partial charge in [0.1, 0.15) is 0 Å². The second kappa shape index (κ2) is 5.34. The van der Waals surface area contributed by atoms with Crippen molar-refractivity contribution in [3.63, 3.8) is 0 Å². The van der Waals surface area contributed by atoms with Gasteiger partial charge in [-0.05, 0) is 34.3 Å². The molecular formula is C12H14BrN3OS. The lowest BCUT2D eigenvalue weighted by molar-refractivity contribution is -0.119. The van der Waals surface area contributed by atoms with Gasteiger partial charge in [0, 0.05) is 11.9 Å². The van der Waals surface area contributed by atoms with E-state index in [0.717, 1.165) is 20.7 Å². The van der Waals surface area contributed by atoms with E-state index in [1.807, 2.05) is 31.5 Å². The zero-order valence-electron chi connectivity index (χ0n) is 10.2. The zero-order chi connectivity index (χ0) is 13.3. The molecule has 0 aliphatic rings. The van der Waals surface area contributed by atoms with E-state index in [2.05, 4.69) is 21.0 Å². The smallest absolute Gasteiger partial charge is 0.160 e. The number of aromatic nitrogens is 2. The van der Waals surface area contributed by atoms with Crippen LogP contribution in [0.1, 0.15) is 22.3 Å². The Hall–Kier alpha value is -0.980. The average molecular weight is 328 g/mol. The van der Waals surface area contributed by atoms with Crippen LogP contribution in [0, 0.1) is 6.92 Å². The third-order valence-corrected chi connectivity index (χ3v) is 4.79. The highest BCUT2D eigenvalue weighted by atomic mass is 79.9. The van der Waals surface area contributed by atoms with E-state index >= 15 is 0 Å². The monoisotopic (exact) mass is 327 g/mol. The summed E-state index contributed by atoms with van der Waals surface area (Å²) in [5, 5.41) is 6.19. The van der Waals surface area contributed by atoms with E-state index in [9.17, 15) is 4.79 Å². The molecule has 2 N–H and O–H groups in total. The largest absolute Gasteiger partial charge is 0.317 e. The summed E-state index contributed by atoms with van der Waals surface area (Å²) >= 11 is 4.96. The minimum atomic E-state index is -0.549. The molecule has 0 aliphatic carbocycles. The number of ketones is 1. The lowest BCUT2D eigenvalue weighted by Crippen LogP contribution is -2.23. The van der Waals surface area contributed by atoms with Crippen LogP contribution >= 0.6 is 27.3 Å². The predicted octanol–water partition coefficient (Wildman–Crippen LogP) is 2.36. The summed E-state index contributed by atoms with van der Waals surface area (Å²) in [6, 6.07) is 3.24. The van der Waals surface area contributed by atoms with Crippen molar-refractivity contribution in [3.8, 4) is 0 Å². The Balaban J connectivity index is 2.17. The molecule has 0 aromatic carbocycles. The number of hydrogen-bond acceptors (Lipinski definition) is 4. The van der Waals surface area contributed by atoms with Crippen molar-refractivity contribution in [1.29, 1.82) is 0 Å². The van der Waals surface area contributed by atoms with Crippen molar-refractivity contribution in [1.82, 2.24) is 9.78 Å². The number of thiophene rings is 1. The standard InChI is InChI=1S/C12H14BrN3OS/c1-7-11(13)8(16(2)15-7)6-9(17)12(14)10-4-3-5-18-10/h3-5,12H,6,14H2,1-2H3. The Bertz CT molecular complexity index is 562. The molecule has 2 rings (SSSR count). The molecule has 4 nitrogen and oxygen atoms in total. The Morgan fingerprint density at radius 2 is 2.39 bits per heavy atom. The summed E-state index contributed by atoms with van der Waals surface area (Å²) in [6.45, 7) is 1.90. The van der Waals surface area contributed by atoms with E-state index < -0.39 is 6.04 Å². The Kier molecular flexibility index (Phi) is 3.99. The molecule has 0 saturated carbocycles. The average Bonchev–Trinajstić information content (AvgIpc) is 2.93. The topological polar surface area (TPSA) is 60.9 Å². The van der Waals surface area contributed by atoms with Gasteiger partial charge in [-0.25, -0.2) is 0 Å². The van der Waals surface area contributed by atoms with Crippen LogP contribution in [0.5, 0.6) is 0 Å². The molecule has 0 saturated heterocycles. The molecule has 1 atom stereocenters. The van der Waals surface area contributed by atoms with Gasteiger partial charge in [-0.2, -0.15) is 5.10 Å². The van der Waals surface area contributed by atoms with Crippen LogP contribution in [0.25, 0.3) is 0 Å². The molecule has 0 radical (unpaired) electrons. The van der Waals surface area contributed by atoms with Crippen LogP contribution in [0.4, 0.5) is 0 Å². The molecule has 0 aliphatic heterocycles. The molecular weight excluding hydrogens is 314 g/mol. The molecule has 6 heteroatoms. The Morgan fingerprint density at radius 3 is 2.89 bits per heavy atom. The third-order valence-electron chi connectivity index (χ3n) is 2.80. The van der Waals surface area contributed by atoms with Gasteiger partial charge in [0.15, 0.2) is 5.78 Å². The van der Waals surface area contributed by atoms with Gasteiger partial charge in [0.05, 0.1) is 28.3 Å². The number of nitrogens with two attached hydrogens (primary N) is 1. The zero-order valence-corrected chi connectivity index (χ0v) is 12.6. The Morgan fingerprint density at radius 1 is 1.67 bits per heavy atom. The van der Waals surface area contributed by atoms with E-state index in [1.54, 1.807) is 4.68 Å². The molecule has 96 valence electrons. The third kappa shape index (κ3) is 2.55. The summed E-state index contributed by atoms with van der Waals surface area (Å²) < 4.78 is 2.61. The maximum absolute atomic E-state index is 12.1. The fourth-order valence-corrected chi connectivity index (χ4v) is 3.00. The van der Waals surface area contributed by atoms with Gasteiger partial charge in [-0.3, -0.25) is 9.48 Å². The molecule has 2 heterocycles. The second-order valence-corrected chi connectivity index (χ2v) is 5.88. The first-order valence-electron chi connectivity index (χ1n) is 5.50. The summed E-state index contributed by atoms with van der Waals surface area (Å²) in [5.41, 5.74) is 7.70. The molecule has 0 fully saturated rings. The highest BCUT2D eigenvalue weighted by Crippen LogP contribution is 2.24. The van der Waals surface area contributed by atoms with E-state index in [-0.39, 0.29) is 12.2 Å². The van der Waals surface area contributed by atoms with Crippen molar-refractivity contribution >= 4 is 33.0 Å². The Labute approximate surface area is 118 Å². The van der Waals surface area contributed by atoms with Crippen LogP contribution in [-0.4, -0.2) is 15.6 Å². The first-order chi connectivity index (χ1) is 8.50. The number of aryl methyl sites for hydroxylation is 2. The van der Waals surface area contributed by atoms with Crippen molar-refractivity contribution < 1.29 is 4.79 Å². The van der Waals surface area contributed by atoms with Gasteiger partial charge in [0.2, 0.25) is 0 Å². The number of rotatable bonds is 4. The van der Waals surface area contributed by atoms with Crippen LogP contribution in [0.3, 0.4) is 0 Å². The summed E-state index contributed by atoms with van der Waals surface area (Å²) in [4.78, 5) is 13.0. The second-order valence-electron chi connectivity index (χ2n) is 4.11. The number of nitrogens with zero attached hydrogens (tertiary/aromatic N) is 2. The fourth-order valence-electron chi connectivity index (χ4n) is 1.77. The van der Waals surface area contributed by atoms with Gasteiger partial charge < -0.3 is 5.73 Å². The van der Waals surface area contributed by atoms with Crippen molar-refractivity contribution in [2.24, 2.45) is 12.8 Å². The van der Waals surface area contributed by atoms with E-state index in [1.165, 1.54) is 11.3 Å².